The van der Waals surface area contributed by atoms with Crippen molar-refractivity contribution in [3.05, 3.63) is 65.9 Å². The Labute approximate surface area is 239 Å². The number of rotatable bonds is 9. The van der Waals surface area contributed by atoms with Crippen LogP contribution in [0.3, 0.4) is 0 Å². The van der Waals surface area contributed by atoms with Crippen LogP contribution >= 0.6 is 0 Å². The number of hydrogen-bond acceptors (Lipinski definition) is 7. The first-order valence-electron chi connectivity index (χ1n) is 13.2. The van der Waals surface area contributed by atoms with Gasteiger partial charge in [0.15, 0.2) is 6.29 Å². The summed E-state index contributed by atoms with van der Waals surface area (Å²) in [7, 11) is 4.80. The van der Waals surface area contributed by atoms with Crippen molar-refractivity contribution in [2.75, 3.05) is 21.3 Å². The minimum atomic E-state index is -5.82. The second kappa shape index (κ2) is 11.9. The van der Waals surface area contributed by atoms with Gasteiger partial charge in [-0.1, -0.05) is 12.1 Å². The molecule has 0 bridgehead atoms. The largest absolute Gasteiger partial charge is 0.499 e. The first kappa shape index (κ1) is 30.4. The predicted octanol–water partition coefficient (Wildman–Crippen LogP) is 5.35. The van der Waals surface area contributed by atoms with E-state index in [4.69, 9.17) is 23.7 Å². The SMILES string of the molecule is CO[C@@H]1[C@@H](OC)[C@H](C)O[C@@H](OC2Cc3ccc(-c4ccn(-c5ccc(OC(F)(F)C(F)(F)F)cc5)n4)cc3C2)[C@@H]1OC. The normalized spacial score (nSPS) is 26.3. The highest BCUT2D eigenvalue weighted by Crippen LogP contribution is 2.38. The number of ether oxygens (including phenoxy) is 6. The molecule has 228 valence electrons. The van der Waals surface area contributed by atoms with Crippen LogP contribution in [-0.4, -0.2) is 80.2 Å². The van der Waals surface area contributed by atoms with E-state index < -0.39 is 30.4 Å². The average Bonchev–Trinajstić information content (AvgIpc) is 3.59. The van der Waals surface area contributed by atoms with Crippen molar-refractivity contribution in [3.63, 3.8) is 0 Å². The standard InChI is InChI=1S/C29H31F5N2O6/c1-16-24(37-2)25(38-3)26(39-4)27(40-16)41-22-14-17-5-6-18(13-19(17)15-22)23-11-12-36(35-23)20-7-9-21(10-8-20)42-29(33,34)28(30,31)32/h5-13,16,22,24-27H,14-15H2,1-4H3/t16-,22?,24-,25+,26+,27-/m0/s1. The fraction of sp³-hybridized carbons (Fsp3) is 0.483. The van der Waals surface area contributed by atoms with E-state index in [2.05, 4.69) is 9.84 Å². The molecule has 0 spiro atoms. The van der Waals surface area contributed by atoms with Gasteiger partial charge >= 0.3 is 12.3 Å². The molecule has 1 fully saturated rings. The van der Waals surface area contributed by atoms with Gasteiger partial charge in [-0.05, 0) is 67.3 Å². The summed E-state index contributed by atoms with van der Waals surface area (Å²) in [5.41, 5.74) is 4.22. The zero-order valence-electron chi connectivity index (χ0n) is 23.3. The molecule has 0 radical (unpaired) electrons. The molecule has 1 aliphatic carbocycles. The Morgan fingerprint density at radius 3 is 2.14 bits per heavy atom. The minimum Gasteiger partial charge on any atom is -0.426 e. The lowest BCUT2D eigenvalue weighted by Gasteiger charge is -2.44. The Hall–Kier alpha value is -3.10. The van der Waals surface area contributed by atoms with Crippen LogP contribution in [0.2, 0.25) is 0 Å². The summed E-state index contributed by atoms with van der Waals surface area (Å²) < 4.78 is 98.3. The third kappa shape index (κ3) is 6.02. The summed E-state index contributed by atoms with van der Waals surface area (Å²) in [6.45, 7) is 1.91. The Morgan fingerprint density at radius 1 is 0.833 bits per heavy atom. The van der Waals surface area contributed by atoms with Gasteiger partial charge in [0.25, 0.3) is 0 Å². The smallest absolute Gasteiger partial charge is 0.426 e. The highest BCUT2D eigenvalue weighted by molar-refractivity contribution is 5.62. The summed E-state index contributed by atoms with van der Waals surface area (Å²) in [5.74, 6) is -0.620. The van der Waals surface area contributed by atoms with Crippen LogP contribution < -0.4 is 4.74 Å². The molecule has 2 heterocycles. The molecule has 8 nitrogen and oxygen atoms in total. The third-order valence-corrected chi connectivity index (χ3v) is 7.53. The lowest BCUT2D eigenvalue weighted by molar-refractivity contribution is -0.360. The number of nitrogens with zero attached hydrogens (tertiary/aromatic N) is 2. The summed E-state index contributed by atoms with van der Waals surface area (Å²) in [5, 5.41) is 4.55. The van der Waals surface area contributed by atoms with Crippen LogP contribution in [0.4, 0.5) is 22.0 Å². The molecule has 6 atom stereocenters. The Bertz CT molecular complexity index is 1370. The van der Waals surface area contributed by atoms with Crippen LogP contribution in [-0.2, 0) is 36.5 Å². The molecular weight excluding hydrogens is 567 g/mol. The lowest BCUT2D eigenvalue weighted by Crippen LogP contribution is -2.59. The Kier molecular flexibility index (Phi) is 8.59. The molecule has 0 saturated carbocycles. The van der Waals surface area contributed by atoms with Gasteiger partial charge in [0.2, 0.25) is 0 Å². The summed E-state index contributed by atoms with van der Waals surface area (Å²) in [4.78, 5) is 0. The van der Waals surface area contributed by atoms with E-state index in [1.54, 1.807) is 33.6 Å². The van der Waals surface area contributed by atoms with Gasteiger partial charge in [0, 0.05) is 33.1 Å². The van der Waals surface area contributed by atoms with Crippen molar-refractivity contribution in [3.8, 4) is 22.7 Å². The molecule has 3 aromatic rings. The zero-order chi connectivity index (χ0) is 30.2. The average molecular weight is 599 g/mol. The van der Waals surface area contributed by atoms with Gasteiger partial charge in [-0.15, -0.1) is 0 Å². The maximum absolute atomic E-state index is 13.2. The van der Waals surface area contributed by atoms with Crippen LogP contribution in [0.5, 0.6) is 5.75 Å². The first-order valence-corrected chi connectivity index (χ1v) is 13.2. The Morgan fingerprint density at radius 2 is 1.50 bits per heavy atom. The molecule has 13 heteroatoms. The highest BCUT2D eigenvalue weighted by Gasteiger charge is 2.61. The maximum atomic E-state index is 13.2. The number of aromatic nitrogens is 2. The summed E-state index contributed by atoms with van der Waals surface area (Å²) >= 11 is 0. The minimum absolute atomic E-state index is 0.135. The maximum Gasteiger partial charge on any atom is 0.499 e. The number of hydrogen-bond donors (Lipinski definition) is 0. The van der Waals surface area contributed by atoms with Gasteiger partial charge in [-0.3, -0.25) is 0 Å². The third-order valence-electron chi connectivity index (χ3n) is 7.53. The highest BCUT2D eigenvalue weighted by atomic mass is 19.4. The fourth-order valence-corrected chi connectivity index (χ4v) is 5.44. The monoisotopic (exact) mass is 598 g/mol. The molecule has 1 aliphatic heterocycles. The van der Waals surface area contributed by atoms with Crippen molar-refractivity contribution in [1.29, 1.82) is 0 Å². The van der Waals surface area contributed by atoms with Gasteiger partial charge in [-0.2, -0.15) is 27.1 Å². The summed E-state index contributed by atoms with van der Waals surface area (Å²) in [6.07, 6.45) is -10.2. The van der Waals surface area contributed by atoms with Gasteiger partial charge < -0.3 is 28.4 Å². The zero-order valence-corrected chi connectivity index (χ0v) is 23.3. The van der Waals surface area contributed by atoms with Gasteiger partial charge in [-0.25, -0.2) is 4.68 Å². The van der Waals surface area contributed by atoms with E-state index in [1.807, 2.05) is 25.1 Å². The second-order valence-electron chi connectivity index (χ2n) is 10.2. The van der Waals surface area contributed by atoms with Crippen LogP contribution in [0.15, 0.2) is 54.7 Å². The number of methoxy groups -OCH3 is 3. The predicted molar refractivity (Wildman–Crippen MR) is 140 cm³/mol. The first-order chi connectivity index (χ1) is 19.9. The van der Waals surface area contributed by atoms with Crippen molar-refractivity contribution in [1.82, 2.24) is 9.78 Å². The summed E-state index contributed by atoms with van der Waals surface area (Å²) in [6, 6.07) is 12.5. The van der Waals surface area contributed by atoms with Crippen molar-refractivity contribution < 1.29 is 50.4 Å². The van der Waals surface area contributed by atoms with E-state index >= 15 is 0 Å². The molecule has 0 N–H and O–H groups in total. The van der Waals surface area contributed by atoms with Crippen LogP contribution in [0.25, 0.3) is 16.9 Å². The Balaban J connectivity index is 1.25. The molecule has 1 aromatic heterocycles. The molecular formula is C29H31F5N2O6. The van der Waals surface area contributed by atoms with E-state index in [0.29, 0.717) is 24.2 Å². The molecule has 42 heavy (non-hydrogen) atoms. The van der Waals surface area contributed by atoms with E-state index in [0.717, 1.165) is 28.8 Å². The molecule has 2 aliphatic rings. The molecule has 5 rings (SSSR count). The number of halogens is 5. The quantitative estimate of drug-likeness (QED) is 0.308. The molecule has 1 unspecified atom stereocenters. The van der Waals surface area contributed by atoms with E-state index in [-0.39, 0.29) is 24.4 Å². The number of fused-ring (bicyclic) bond motifs is 1. The second-order valence-corrected chi connectivity index (χ2v) is 10.2. The topological polar surface area (TPSA) is 73.2 Å². The molecule has 2 aromatic carbocycles. The lowest BCUT2D eigenvalue weighted by atomic mass is 9.99. The molecule has 0 amide bonds. The van der Waals surface area contributed by atoms with Gasteiger partial charge in [0.1, 0.15) is 24.1 Å². The number of benzene rings is 2. The van der Waals surface area contributed by atoms with E-state index in [9.17, 15) is 22.0 Å². The van der Waals surface area contributed by atoms with Crippen LogP contribution in [0.1, 0.15) is 18.1 Å². The molecule has 1 saturated heterocycles. The fourth-order valence-electron chi connectivity index (χ4n) is 5.44. The van der Waals surface area contributed by atoms with Crippen molar-refractivity contribution in [2.24, 2.45) is 0 Å². The van der Waals surface area contributed by atoms with Gasteiger partial charge in [0.05, 0.1) is 23.6 Å². The van der Waals surface area contributed by atoms with Crippen molar-refractivity contribution >= 4 is 0 Å². The van der Waals surface area contributed by atoms with Crippen LogP contribution in [0, 0.1) is 0 Å². The van der Waals surface area contributed by atoms with Crippen molar-refractivity contribution in [2.45, 2.75) is 68.9 Å². The number of alkyl halides is 5. The van der Waals surface area contributed by atoms with E-state index in [1.165, 1.54) is 16.8 Å².